The lowest BCUT2D eigenvalue weighted by Crippen LogP contribution is -2.17. The summed E-state index contributed by atoms with van der Waals surface area (Å²) in [6.07, 6.45) is 1.13. The number of hydrogen-bond donors (Lipinski definition) is 3. The molecule has 4 N–H and O–H groups in total. The summed E-state index contributed by atoms with van der Waals surface area (Å²) in [6, 6.07) is 0. The molecule has 2 aromatic rings. The molecule has 0 spiro atoms. The van der Waals surface area contributed by atoms with E-state index in [1.54, 1.807) is 17.8 Å². The minimum Gasteiger partial charge on any atom is -0.369 e. The number of fused-ring (bicyclic) bond motifs is 1. The summed E-state index contributed by atoms with van der Waals surface area (Å²) in [7, 11) is -3.18. The number of nitrogens with two attached hydrogens (primary N) is 1. The predicted molar refractivity (Wildman–Crippen MR) is 78.3 cm³/mol. The molecule has 0 fully saturated rings. The van der Waals surface area contributed by atoms with Crippen LogP contribution in [0.15, 0.2) is 6.33 Å². The van der Waals surface area contributed by atoms with E-state index in [1.165, 1.54) is 6.66 Å². The van der Waals surface area contributed by atoms with Crippen molar-refractivity contribution in [2.45, 2.75) is 19.6 Å². The molecule has 2 atom stereocenters. The number of nitrogens with zero attached hydrogens (tertiary/aromatic N) is 3. The van der Waals surface area contributed by atoms with E-state index < -0.39 is 7.37 Å². The number of imidazole rings is 1. The summed E-state index contributed by atoms with van der Waals surface area (Å²) < 4.78 is 18.7. The van der Waals surface area contributed by atoms with E-state index in [0.717, 1.165) is 0 Å². The zero-order chi connectivity index (χ0) is 14.9. The molecule has 0 aliphatic carbocycles. The third-order valence-corrected chi connectivity index (χ3v) is 3.47. The monoisotopic (exact) mass is 317 g/mol. The van der Waals surface area contributed by atoms with Gasteiger partial charge in [0.15, 0.2) is 5.65 Å². The molecule has 0 radical (unpaired) electrons. The Morgan fingerprint density at radius 2 is 2.40 bits per heavy atom. The number of ether oxygens (including phenoxy) is 1. The molecule has 110 valence electrons. The fourth-order valence-corrected chi connectivity index (χ4v) is 2.48. The first-order valence-corrected chi connectivity index (χ1v) is 8.58. The number of aromatic amines is 1. The highest BCUT2D eigenvalue weighted by molar-refractivity contribution is 7.71. The van der Waals surface area contributed by atoms with Crippen LogP contribution < -0.4 is 5.73 Å². The first kappa shape index (κ1) is 15.1. The highest BCUT2D eigenvalue weighted by atomic mass is 32.1. The van der Waals surface area contributed by atoms with Crippen molar-refractivity contribution >= 4 is 36.7 Å². The van der Waals surface area contributed by atoms with Crippen LogP contribution in [0.3, 0.4) is 0 Å². The summed E-state index contributed by atoms with van der Waals surface area (Å²) in [5.74, 6) is 0.214. The fourth-order valence-electron chi connectivity index (χ4n) is 1.70. The van der Waals surface area contributed by atoms with Gasteiger partial charge in [-0.25, -0.2) is 4.98 Å². The highest BCUT2D eigenvalue weighted by Gasteiger charge is 2.15. The molecular formula is C10H16N5O3PS. The van der Waals surface area contributed by atoms with Crippen molar-refractivity contribution < 1.29 is 14.2 Å². The van der Waals surface area contributed by atoms with Gasteiger partial charge in [0, 0.05) is 6.66 Å². The number of H-pyrrole nitrogens is 1. The molecule has 2 aromatic heterocycles. The van der Waals surface area contributed by atoms with Gasteiger partial charge in [0.05, 0.1) is 19.0 Å². The zero-order valence-corrected chi connectivity index (χ0v) is 12.8. The third kappa shape index (κ3) is 3.63. The maximum Gasteiger partial charge on any atom is 0.222 e. The van der Waals surface area contributed by atoms with Gasteiger partial charge < -0.3 is 24.9 Å². The molecule has 0 saturated carbocycles. The molecular weight excluding hydrogens is 301 g/mol. The Morgan fingerprint density at radius 3 is 3.05 bits per heavy atom. The van der Waals surface area contributed by atoms with Crippen LogP contribution in [0.1, 0.15) is 6.92 Å². The van der Waals surface area contributed by atoms with E-state index in [4.69, 9.17) is 22.7 Å². The molecule has 0 saturated heterocycles. The summed E-state index contributed by atoms with van der Waals surface area (Å²) in [5.41, 5.74) is 6.74. The molecule has 2 unspecified atom stereocenters. The lowest BCUT2D eigenvalue weighted by atomic mass is 10.4. The molecule has 0 aliphatic rings. The second-order valence-corrected chi connectivity index (χ2v) is 7.45. The Labute approximate surface area is 120 Å². The maximum atomic E-state index is 11.2. The van der Waals surface area contributed by atoms with E-state index >= 15 is 0 Å². The summed E-state index contributed by atoms with van der Waals surface area (Å²) in [4.78, 5) is 20.3. The standard InChI is InChI=1S/C10H16N5O3PS/c1-6(18-5-19(2,16)17)3-15-4-12-7-8(15)13-10(11)14-9(7)20/h4,6H,3,5H2,1-2H3,(H,16,17)(H3,11,13,14,20). The SMILES string of the molecule is CC(Cn1cnc2c(=S)[nH]c(N)nc21)OCP(C)(=O)O. The van der Waals surface area contributed by atoms with Gasteiger partial charge in [0.1, 0.15) is 16.5 Å². The number of hydrogen-bond acceptors (Lipinski definition) is 6. The molecule has 0 amide bonds. The Kier molecular flexibility index (Phi) is 4.24. The molecule has 2 rings (SSSR count). The van der Waals surface area contributed by atoms with Crippen molar-refractivity contribution in [3.63, 3.8) is 0 Å². The zero-order valence-electron chi connectivity index (χ0n) is 11.1. The third-order valence-electron chi connectivity index (χ3n) is 2.55. The van der Waals surface area contributed by atoms with Crippen molar-refractivity contribution in [1.29, 1.82) is 0 Å². The van der Waals surface area contributed by atoms with Crippen LogP contribution in [0.25, 0.3) is 11.2 Å². The normalized spacial score (nSPS) is 16.1. The van der Waals surface area contributed by atoms with Gasteiger partial charge >= 0.3 is 0 Å². The van der Waals surface area contributed by atoms with Gasteiger partial charge in [0.25, 0.3) is 0 Å². The number of anilines is 1. The van der Waals surface area contributed by atoms with Gasteiger partial charge in [-0.2, -0.15) is 4.98 Å². The largest absolute Gasteiger partial charge is 0.369 e. The summed E-state index contributed by atoms with van der Waals surface area (Å²) in [6.45, 7) is 3.49. The first-order valence-electron chi connectivity index (χ1n) is 5.88. The summed E-state index contributed by atoms with van der Waals surface area (Å²) in [5, 5.41) is 0. The molecule has 10 heteroatoms. The van der Waals surface area contributed by atoms with Gasteiger partial charge in [-0.05, 0) is 6.92 Å². The van der Waals surface area contributed by atoms with Crippen molar-refractivity contribution in [3.05, 3.63) is 11.0 Å². The second kappa shape index (κ2) is 5.61. The van der Waals surface area contributed by atoms with E-state index in [9.17, 15) is 9.46 Å². The number of nitrogen functional groups attached to an aromatic ring is 1. The van der Waals surface area contributed by atoms with E-state index in [1.807, 2.05) is 0 Å². The molecule has 20 heavy (non-hydrogen) atoms. The number of aromatic nitrogens is 4. The highest BCUT2D eigenvalue weighted by Crippen LogP contribution is 2.35. The smallest absolute Gasteiger partial charge is 0.222 e. The van der Waals surface area contributed by atoms with Gasteiger partial charge in [-0.15, -0.1) is 0 Å². The maximum absolute atomic E-state index is 11.2. The van der Waals surface area contributed by atoms with Crippen LogP contribution in [0.4, 0.5) is 5.95 Å². The lowest BCUT2D eigenvalue weighted by molar-refractivity contribution is 0.0830. The van der Waals surface area contributed by atoms with E-state index in [2.05, 4.69) is 15.0 Å². The molecule has 0 aromatic carbocycles. The fraction of sp³-hybridized carbons (Fsp3) is 0.500. The van der Waals surface area contributed by atoms with Crippen molar-refractivity contribution in [2.24, 2.45) is 0 Å². The first-order chi connectivity index (χ1) is 9.26. The van der Waals surface area contributed by atoms with E-state index in [-0.39, 0.29) is 18.4 Å². The van der Waals surface area contributed by atoms with Crippen LogP contribution in [0.2, 0.25) is 0 Å². The van der Waals surface area contributed by atoms with Gasteiger partial charge in [-0.1, -0.05) is 12.2 Å². The van der Waals surface area contributed by atoms with Gasteiger partial charge in [0.2, 0.25) is 13.3 Å². The minimum absolute atomic E-state index is 0.184. The van der Waals surface area contributed by atoms with Crippen molar-refractivity contribution in [3.8, 4) is 0 Å². The van der Waals surface area contributed by atoms with Crippen LogP contribution in [-0.4, -0.2) is 43.5 Å². The Balaban J connectivity index is 2.18. The van der Waals surface area contributed by atoms with E-state index in [0.29, 0.717) is 22.3 Å². The second-order valence-electron chi connectivity index (χ2n) is 4.68. The summed E-state index contributed by atoms with van der Waals surface area (Å²) >= 11 is 5.12. The average molecular weight is 317 g/mol. The van der Waals surface area contributed by atoms with Crippen molar-refractivity contribution in [2.75, 3.05) is 18.7 Å². The van der Waals surface area contributed by atoms with Crippen LogP contribution in [-0.2, 0) is 15.8 Å². The van der Waals surface area contributed by atoms with Crippen LogP contribution in [0, 0.1) is 4.64 Å². The molecule has 0 aliphatic heterocycles. The number of nitrogens with one attached hydrogen (secondary N) is 1. The topological polar surface area (TPSA) is 119 Å². The van der Waals surface area contributed by atoms with Crippen LogP contribution in [0.5, 0.6) is 0 Å². The molecule has 0 bridgehead atoms. The molecule has 8 nitrogen and oxygen atoms in total. The lowest BCUT2D eigenvalue weighted by Gasteiger charge is -2.15. The van der Waals surface area contributed by atoms with Crippen LogP contribution >= 0.6 is 19.6 Å². The quantitative estimate of drug-likeness (QED) is 0.562. The number of rotatable bonds is 5. The predicted octanol–water partition coefficient (Wildman–Crippen LogP) is 1.33. The Bertz CT molecular complexity index is 721. The molecule has 2 heterocycles. The van der Waals surface area contributed by atoms with Crippen molar-refractivity contribution in [1.82, 2.24) is 19.5 Å². The minimum atomic E-state index is -3.18. The Morgan fingerprint density at radius 1 is 1.70 bits per heavy atom. The Hall–Kier alpha value is -1.28. The van der Waals surface area contributed by atoms with Gasteiger partial charge in [-0.3, -0.25) is 4.57 Å². The average Bonchev–Trinajstić information content (AvgIpc) is 2.69.